The summed E-state index contributed by atoms with van der Waals surface area (Å²) in [6, 6.07) is 25.1. The van der Waals surface area contributed by atoms with E-state index in [-0.39, 0.29) is 24.3 Å². The van der Waals surface area contributed by atoms with Crippen molar-refractivity contribution in [2.24, 2.45) is 4.99 Å². The molecule has 2 heterocycles. The van der Waals surface area contributed by atoms with Crippen LogP contribution in [0.25, 0.3) is 11.8 Å². The lowest BCUT2D eigenvalue weighted by Gasteiger charge is -2.26. The van der Waals surface area contributed by atoms with Gasteiger partial charge in [0, 0.05) is 5.56 Å². The summed E-state index contributed by atoms with van der Waals surface area (Å²) in [7, 11) is 0. The Bertz CT molecular complexity index is 1820. The van der Waals surface area contributed by atoms with Crippen molar-refractivity contribution in [1.82, 2.24) is 4.57 Å². The first-order valence-electron chi connectivity index (χ1n) is 13.1. The molecule has 1 atom stereocenters. The number of hydrogen-bond donors (Lipinski definition) is 0. The Morgan fingerprint density at radius 2 is 1.78 bits per heavy atom. The molecule has 0 N–H and O–H groups in total. The highest BCUT2D eigenvalue weighted by Gasteiger charge is 2.35. The van der Waals surface area contributed by atoms with Crippen LogP contribution in [0, 0.1) is 11.3 Å². The molecule has 8 nitrogen and oxygen atoms in total. The summed E-state index contributed by atoms with van der Waals surface area (Å²) in [5.74, 6) is 0.675. The number of benzene rings is 3. The van der Waals surface area contributed by atoms with Gasteiger partial charge in [0.25, 0.3) is 5.56 Å². The predicted octanol–water partition coefficient (Wildman–Crippen LogP) is 4.24. The van der Waals surface area contributed by atoms with Gasteiger partial charge in [-0.25, -0.2) is 9.79 Å². The average Bonchev–Trinajstić information content (AvgIpc) is 3.30. The van der Waals surface area contributed by atoms with Crippen molar-refractivity contribution < 1.29 is 19.0 Å². The molecule has 1 aliphatic heterocycles. The summed E-state index contributed by atoms with van der Waals surface area (Å²) in [5, 5.41) is 8.84. The van der Waals surface area contributed by atoms with E-state index in [0.717, 1.165) is 16.7 Å². The van der Waals surface area contributed by atoms with Gasteiger partial charge >= 0.3 is 5.97 Å². The first kappa shape index (κ1) is 27.6. The molecule has 5 rings (SSSR count). The minimum absolute atomic E-state index is 0.0768. The monoisotopic (exact) mass is 565 g/mol. The Morgan fingerprint density at radius 3 is 2.49 bits per heavy atom. The fourth-order valence-electron chi connectivity index (χ4n) is 4.63. The second kappa shape index (κ2) is 12.5. The molecule has 9 heteroatoms. The zero-order valence-corrected chi connectivity index (χ0v) is 23.4. The van der Waals surface area contributed by atoms with Crippen LogP contribution < -0.4 is 24.4 Å². The molecule has 3 aromatic carbocycles. The molecule has 0 radical (unpaired) electrons. The van der Waals surface area contributed by atoms with Crippen LogP contribution in [0.15, 0.2) is 94.2 Å². The van der Waals surface area contributed by atoms with Crippen molar-refractivity contribution in [2.45, 2.75) is 19.9 Å². The van der Waals surface area contributed by atoms with Gasteiger partial charge in [0.05, 0.1) is 35.1 Å². The third kappa shape index (κ3) is 5.83. The molecule has 0 fully saturated rings. The predicted molar refractivity (Wildman–Crippen MR) is 156 cm³/mol. The van der Waals surface area contributed by atoms with Crippen molar-refractivity contribution in [3.63, 3.8) is 0 Å². The number of carbonyl (C=O) groups excluding carboxylic acids is 1. The minimum Gasteiger partial charge on any atom is -0.494 e. The average molecular weight is 566 g/mol. The summed E-state index contributed by atoms with van der Waals surface area (Å²) in [6.45, 7) is 4.27. The molecule has 0 amide bonds. The Hall–Kier alpha value is -4.94. The zero-order chi connectivity index (χ0) is 28.8. The normalized spacial score (nSPS) is 14.6. The molecule has 206 valence electrons. The van der Waals surface area contributed by atoms with Crippen molar-refractivity contribution in [2.75, 3.05) is 19.8 Å². The fraction of sp³-hybridized carbons (Fsp3) is 0.188. The van der Waals surface area contributed by atoms with Gasteiger partial charge in [-0.2, -0.15) is 5.26 Å². The van der Waals surface area contributed by atoms with Gasteiger partial charge in [0.2, 0.25) is 0 Å². The Morgan fingerprint density at radius 1 is 1.00 bits per heavy atom. The highest BCUT2D eigenvalue weighted by Crippen LogP contribution is 2.35. The maximum Gasteiger partial charge on any atom is 0.338 e. The van der Waals surface area contributed by atoms with Crippen LogP contribution in [0.5, 0.6) is 11.5 Å². The third-order valence-corrected chi connectivity index (χ3v) is 7.32. The number of rotatable bonds is 9. The van der Waals surface area contributed by atoms with Gasteiger partial charge in [0.15, 0.2) is 11.4 Å². The van der Waals surface area contributed by atoms with E-state index in [9.17, 15) is 9.59 Å². The van der Waals surface area contributed by atoms with Crippen LogP contribution in [0.4, 0.5) is 0 Å². The van der Waals surface area contributed by atoms with Crippen LogP contribution in [0.3, 0.4) is 0 Å². The van der Waals surface area contributed by atoms with Gasteiger partial charge < -0.3 is 14.2 Å². The molecule has 4 aromatic rings. The van der Waals surface area contributed by atoms with Crippen LogP contribution in [0.1, 0.15) is 36.6 Å². The highest BCUT2D eigenvalue weighted by molar-refractivity contribution is 7.07. The zero-order valence-electron chi connectivity index (χ0n) is 22.6. The number of fused-ring (bicyclic) bond motifs is 1. The fourth-order valence-corrected chi connectivity index (χ4v) is 5.63. The number of carbonyl (C=O) groups is 1. The molecule has 0 spiro atoms. The van der Waals surface area contributed by atoms with Crippen LogP contribution in [-0.2, 0) is 9.53 Å². The Labute approximate surface area is 240 Å². The van der Waals surface area contributed by atoms with Gasteiger partial charge in [-0.15, -0.1) is 0 Å². The molecule has 1 aromatic heterocycles. The SMILES string of the molecule is CCOC(=O)C1=C(c2ccccc2)N=c2s/c(=C\c3cccc(OCC#N)c3)c(=O)n2[C@@H]1c1ccc(OCC)cc1. The third-order valence-electron chi connectivity index (χ3n) is 6.34. The minimum atomic E-state index is -0.774. The largest absolute Gasteiger partial charge is 0.494 e. The Kier molecular flexibility index (Phi) is 8.42. The number of thiazole rings is 1. The number of ether oxygens (including phenoxy) is 3. The van der Waals surface area contributed by atoms with E-state index >= 15 is 0 Å². The number of esters is 1. The molecule has 0 saturated carbocycles. The van der Waals surface area contributed by atoms with E-state index in [0.29, 0.717) is 33.1 Å². The number of nitrogens with zero attached hydrogens (tertiary/aromatic N) is 3. The van der Waals surface area contributed by atoms with Crippen molar-refractivity contribution in [3.8, 4) is 17.6 Å². The van der Waals surface area contributed by atoms with E-state index in [1.165, 1.54) is 11.3 Å². The second-order valence-electron chi connectivity index (χ2n) is 8.95. The smallest absolute Gasteiger partial charge is 0.338 e. The first-order chi connectivity index (χ1) is 20.0. The summed E-state index contributed by atoms with van der Waals surface area (Å²) in [4.78, 5) is 32.9. The maximum atomic E-state index is 14.0. The molecule has 0 aliphatic carbocycles. The Balaban J connectivity index is 1.75. The van der Waals surface area contributed by atoms with Crippen LogP contribution >= 0.6 is 11.3 Å². The van der Waals surface area contributed by atoms with E-state index < -0.39 is 12.0 Å². The summed E-state index contributed by atoms with van der Waals surface area (Å²) in [6.07, 6.45) is 1.76. The molecular weight excluding hydrogens is 538 g/mol. The van der Waals surface area contributed by atoms with Gasteiger partial charge in [-0.1, -0.05) is 65.9 Å². The number of aromatic nitrogens is 1. The summed E-state index contributed by atoms with van der Waals surface area (Å²) >= 11 is 1.24. The lowest BCUT2D eigenvalue weighted by Crippen LogP contribution is -2.40. The van der Waals surface area contributed by atoms with E-state index in [2.05, 4.69) is 0 Å². The van der Waals surface area contributed by atoms with E-state index in [1.807, 2.05) is 73.7 Å². The van der Waals surface area contributed by atoms with Gasteiger partial charge in [-0.3, -0.25) is 9.36 Å². The quantitative estimate of drug-likeness (QED) is 0.282. The molecule has 0 unspecified atom stereocenters. The summed E-state index contributed by atoms with van der Waals surface area (Å²) < 4.78 is 18.6. The molecule has 0 bridgehead atoms. The molecule has 0 saturated heterocycles. The topological polar surface area (TPSA) is 103 Å². The standard InChI is InChI=1S/C32H27N3O5S/c1-3-38-24-15-13-23(14-16-24)29-27(31(37)39-4-2)28(22-10-6-5-7-11-22)34-32-35(29)30(36)26(41-32)20-21-9-8-12-25(19-21)40-18-17-33/h5-16,19-20,29H,3-4,18H2,1-2H3/b26-20-/t29-/m1/s1. The van der Waals surface area contributed by atoms with Gasteiger partial charge in [0.1, 0.15) is 17.6 Å². The van der Waals surface area contributed by atoms with E-state index in [1.54, 1.807) is 35.8 Å². The number of nitriles is 1. The highest BCUT2D eigenvalue weighted by atomic mass is 32.1. The molecule has 1 aliphatic rings. The molecule has 41 heavy (non-hydrogen) atoms. The van der Waals surface area contributed by atoms with Gasteiger partial charge in [-0.05, 0) is 55.3 Å². The lowest BCUT2D eigenvalue weighted by molar-refractivity contribution is -0.138. The summed E-state index contributed by atoms with van der Waals surface area (Å²) in [5.41, 5.74) is 2.66. The van der Waals surface area contributed by atoms with Crippen LogP contribution in [-0.4, -0.2) is 30.4 Å². The second-order valence-corrected chi connectivity index (χ2v) is 9.96. The van der Waals surface area contributed by atoms with Crippen molar-refractivity contribution in [3.05, 3.63) is 121 Å². The lowest BCUT2D eigenvalue weighted by atomic mass is 9.93. The number of hydrogen-bond acceptors (Lipinski definition) is 8. The maximum absolute atomic E-state index is 14.0. The van der Waals surface area contributed by atoms with E-state index in [4.69, 9.17) is 24.5 Å². The van der Waals surface area contributed by atoms with Crippen molar-refractivity contribution in [1.29, 1.82) is 5.26 Å². The van der Waals surface area contributed by atoms with Crippen molar-refractivity contribution >= 4 is 29.1 Å². The first-order valence-corrected chi connectivity index (χ1v) is 14.0. The molecular formula is C32H27N3O5S. The van der Waals surface area contributed by atoms with Crippen LogP contribution in [0.2, 0.25) is 0 Å².